The van der Waals surface area contributed by atoms with Crippen LogP contribution in [0.2, 0.25) is 0 Å². The smallest absolute Gasteiger partial charge is 0.240 e. The fraction of sp³-hybridized carbons (Fsp3) is 0.455. The lowest BCUT2D eigenvalue weighted by atomic mass is 10.3. The Morgan fingerprint density at radius 3 is 2.21 bits per heavy atom. The maximum absolute atomic E-state index is 12.1. The summed E-state index contributed by atoms with van der Waals surface area (Å²) in [6, 6.07) is 5.72. The number of sulfonamides is 2. The number of primary sulfonamides is 1. The Morgan fingerprint density at radius 1 is 1.05 bits per heavy atom. The third kappa shape index (κ3) is 3.26. The number of hydrogen-bond acceptors (Lipinski definition) is 4. The number of nitrogens with one attached hydrogen (secondary N) is 1. The van der Waals surface area contributed by atoms with Crippen molar-refractivity contribution in [2.45, 2.75) is 35.8 Å². The van der Waals surface area contributed by atoms with Gasteiger partial charge >= 0.3 is 0 Å². The highest BCUT2D eigenvalue weighted by atomic mass is 32.2. The second kappa shape index (κ2) is 5.10. The zero-order chi connectivity index (χ0) is 14.1. The average molecular weight is 304 g/mol. The van der Waals surface area contributed by atoms with Crippen molar-refractivity contribution in [2.75, 3.05) is 4.72 Å². The minimum atomic E-state index is -3.96. The summed E-state index contributed by atoms with van der Waals surface area (Å²) in [6.07, 6.45) is 2.96. The topological polar surface area (TPSA) is 106 Å². The summed E-state index contributed by atoms with van der Waals surface area (Å²) in [4.78, 5) is -0.212. The SMILES string of the molecule is NS(=O)(=O)c1ccccc1NS(=O)(=O)C1CCCC1. The largest absolute Gasteiger partial charge is 0.282 e. The fourth-order valence-corrected chi connectivity index (χ4v) is 4.60. The lowest BCUT2D eigenvalue weighted by Crippen LogP contribution is -2.26. The zero-order valence-electron chi connectivity index (χ0n) is 10.2. The predicted molar refractivity (Wildman–Crippen MR) is 72.6 cm³/mol. The van der Waals surface area contributed by atoms with Gasteiger partial charge in [-0.15, -0.1) is 0 Å². The van der Waals surface area contributed by atoms with Crippen molar-refractivity contribution in [1.29, 1.82) is 0 Å². The molecule has 0 amide bonds. The van der Waals surface area contributed by atoms with Crippen LogP contribution in [0.5, 0.6) is 0 Å². The Labute approximate surface area is 113 Å². The Morgan fingerprint density at radius 2 is 1.63 bits per heavy atom. The molecule has 0 saturated heterocycles. The molecule has 0 heterocycles. The minimum Gasteiger partial charge on any atom is -0.282 e. The van der Waals surface area contributed by atoms with Gasteiger partial charge in [0.1, 0.15) is 4.90 Å². The van der Waals surface area contributed by atoms with Crippen LogP contribution in [0.15, 0.2) is 29.2 Å². The van der Waals surface area contributed by atoms with E-state index >= 15 is 0 Å². The second-order valence-electron chi connectivity index (χ2n) is 4.59. The minimum absolute atomic E-state index is 0.0110. The van der Waals surface area contributed by atoms with Crippen molar-refractivity contribution in [1.82, 2.24) is 0 Å². The summed E-state index contributed by atoms with van der Waals surface area (Å²) in [5.41, 5.74) is 0.0110. The van der Waals surface area contributed by atoms with Crippen molar-refractivity contribution in [2.24, 2.45) is 5.14 Å². The van der Waals surface area contributed by atoms with E-state index in [4.69, 9.17) is 5.14 Å². The van der Waals surface area contributed by atoms with E-state index in [1.54, 1.807) is 6.07 Å². The number of hydrogen-bond donors (Lipinski definition) is 2. The third-order valence-corrected chi connectivity index (χ3v) is 6.01. The first-order chi connectivity index (χ1) is 8.81. The van der Waals surface area contributed by atoms with Gasteiger partial charge in [0, 0.05) is 0 Å². The van der Waals surface area contributed by atoms with Crippen LogP contribution >= 0.6 is 0 Å². The van der Waals surface area contributed by atoms with Crippen LogP contribution in [-0.4, -0.2) is 22.1 Å². The van der Waals surface area contributed by atoms with Crippen LogP contribution < -0.4 is 9.86 Å². The van der Waals surface area contributed by atoms with Gasteiger partial charge in [-0.3, -0.25) is 4.72 Å². The summed E-state index contributed by atoms with van der Waals surface area (Å²) < 4.78 is 49.4. The van der Waals surface area contributed by atoms with E-state index in [0.717, 1.165) is 12.8 Å². The fourth-order valence-electron chi connectivity index (χ4n) is 2.23. The highest BCUT2D eigenvalue weighted by Crippen LogP contribution is 2.28. The summed E-state index contributed by atoms with van der Waals surface area (Å²) >= 11 is 0. The van der Waals surface area contributed by atoms with Crippen molar-refractivity contribution in [3.05, 3.63) is 24.3 Å². The number of nitrogens with two attached hydrogens (primary N) is 1. The van der Waals surface area contributed by atoms with Gasteiger partial charge < -0.3 is 0 Å². The third-order valence-electron chi connectivity index (χ3n) is 3.19. The van der Waals surface area contributed by atoms with E-state index in [9.17, 15) is 16.8 Å². The van der Waals surface area contributed by atoms with Gasteiger partial charge in [0.25, 0.3) is 0 Å². The molecule has 1 aromatic carbocycles. The molecule has 1 fully saturated rings. The van der Waals surface area contributed by atoms with Gasteiger partial charge in [-0.25, -0.2) is 22.0 Å². The van der Waals surface area contributed by atoms with E-state index < -0.39 is 25.3 Å². The Balaban J connectivity index is 2.34. The second-order valence-corrected chi connectivity index (χ2v) is 8.09. The van der Waals surface area contributed by atoms with Crippen LogP contribution in [0.1, 0.15) is 25.7 Å². The van der Waals surface area contributed by atoms with E-state index in [0.29, 0.717) is 12.8 Å². The maximum Gasteiger partial charge on any atom is 0.240 e. The molecule has 2 rings (SSSR count). The summed E-state index contributed by atoms with van der Waals surface area (Å²) in [7, 11) is -7.52. The van der Waals surface area contributed by atoms with Crippen molar-refractivity contribution in [3.8, 4) is 0 Å². The van der Waals surface area contributed by atoms with Gasteiger partial charge in [-0.2, -0.15) is 0 Å². The van der Waals surface area contributed by atoms with E-state index in [1.165, 1.54) is 18.2 Å². The molecule has 19 heavy (non-hydrogen) atoms. The Hall–Kier alpha value is -1.12. The number of benzene rings is 1. The quantitative estimate of drug-likeness (QED) is 0.866. The molecule has 1 aliphatic carbocycles. The van der Waals surface area contributed by atoms with Gasteiger partial charge in [0.15, 0.2) is 0 Å². The molecule has 0 atom stereocenters. The van der Waals surface area contributed by atoms with Gasteiger partial charge in [0.05, 0.1) is 10.9 Å². The molecule has 1 aliphatic rings. The normalized spacial score (nSPS) is 17.5. The first-order valence-corrected chi connectivity index (χ1v) is 9.03. The number of rotatable bonds is 4. The van der Waals surface area contributed by atoms with Crippen molar-refractivity contribution < 1.29 is 16.8 Å². The van der Waals surface area contributed by atoms with Crippen molar-refractivity contribution in [3.63, 3.8) is 0 Å². The molecule has 3 N–H and O–H groups in total. The van der Waals surface area contributed by atoms with E-state index in [2.05, 4.69) is 4.72 Å². The lowest BCUT2D eigenvalue weighted by molar-refractivity contribution is 0.585. The molecule has 8 heteroatoms. The zero-order valence-corrected chi connectivity index (χ0v) is 11.9. The molecule has 0 spiro atoms. The summed E-state index contributed by atoms with van der Waals surface area (Å²) in [5, 5.41) is 4.61. The molecule has 0 bridgehead atoms. The molecule has 0 aromatic heterocycles. The number of anilines is 1. The molecule has 0 aliphatic heterocycles. The van der Waals surface area contributed by atoms with Crippen LogP contribution in [0.3, 0.4) is 0 Å². The van der Waals surface area contributed by atoms with E-state index in [1.807, 2.05) is 0 Å². The van der Waals surface area contributed by atoms with Gasteiger partial charge in [0.2, 0.25) is 20.0 Å². The van der Waals surface area contributed by atoms with Crippen LogP contribution in [-0.2, 0) is 20.0 Å². The van der Waals surface area contributed by atoms with Crippen LogP contribution in [0.25, 0.3) is 0 Å². The predicted octanol–water partition coefficient (Wildman–Crippen LogP) is 1.02. The molecule has 1 saturated carbocycles. The summed E-state index contributed by atoms with van der Waals surface area (Å²) in [5.74, 6) is 0. The van der Waals surface area contributed by atoms with Gasteiger partial charge in [-0.1, -0.05) is 25.0 Å². The molecule has 0 unspecified atom stereocenters. The molecule has 0 radical (unpaired) electrons. The Kier molecular flexibility index (Phi) is 3.84. The highest BCUT2D eigenvalue weighted by molar-refractivity contribution is 7.93. The highest BCUT2D eigenvalue weighted by Gasteiger charge is 2.29. The first-order valence-electron chi connectivity index (χ1n) is 5.94. The molecule has 1 aromatic rings. The number of para-hydroxylation sites is 1. The maximum atomic E-state index is 12.1. The standard InChI is InChI=1S/C11H16N2O4S2/c12-18(14,15)11-8-4-3-7-10(11)13-19(16,17)9-5-1-2-6-9/h3-4,7-9,13H,1-2,5-6H2,(H2,12,14,15). The van der Waals surface area contributed by atoms with Crippen LogP contribution in [0, 0.1) is 0 Å². The van der Waals surface area contributed by atoms with Gasteiger partial charge in [-0.05, 0) is 25.0 Å². The first kappa shape index (κ1) is 14.3. The molecular weight excluding hydrogens is 288 g/mol. The molecule has 106 valence electrons. The summed E-state index contributed by atoms with van der Waals surface area (Å²) in [6.45, 7) is 0. The monoisotopic (exact) mass is 304 g/mol. The van der Waals surface area contributed by atoms with Crippen LogP contribution in [0.4, 0.5) is 5.69 Å². The molecular formula is C11H16N2O4S2. The molecule has 6 nitrogen and oxygen atoms in total. The van der Waals surface area contributed by atoms with Crippen molar-refractivity contribution >= 4 is 25.7 Å². The lowest BCUT2D eigenvalue weighted by Gasteiger charge is -2.15. The van der Waals surface area contributed by atoms with E-state index in [-0.39, 0.29) is 10.6 Å². The Bertz CT molecular complexity index is 662. The average Bonchev–Trinajstić information content (AvgIpc) is 2.81.